The smallest absolute Gasteiger partial charge is 0.311 e. The van der Waals surface area contributed by atoms with Crippen LogP contribution in [0.25, 0.3) is 33.5 Å². The Kier molecular flexibility index (Phi) is 5.29. The summed E-state index contributed by atoms with van der Waals surface area (Å²) in [5, 5.41) is 0.575. The van der Waals surface area contributed by atoms with E-state index in [1.807, 2.05) is 25.1 Å². The summed E-state index contributed by atoms with van der Waals surface area (Å²) >= 11 is 6.01. The average Bonchev–Trinajstić information content (AvgIpc) is 3.20. The molecule has 1 aliphatic rings. The average molecular weight is 466 g/mol. The molecule has 4 aromatic rings. The lowest BCUT2D eigenvalue weighted by Crippen LogP contribution is -2.47. The third-order valence-corrected chi connectivity index (χ3v) is 6.30. The fourth-order valence-electron chi connectivity index (χ4n) is 4.23. The number of nitrogens with one attached hydrogen (secondary N) is 1. The molecule has 2 aromatic heterocycles. The molecule has 0 bridgehead atoms. The summed E-state index contributed by atoms with van der Waals surface area (Å²) in [5.41, 5.74) is 2.80. The number of esters is 1. The Balaban J connectivity index is 1.30. The van der Waals surface area contributed by atoms with E-state index in [4.69, 9.17) is 21.1 Å². The van der Waals surface area contributed by atoms with Crippen LogP contribution in [0.5, 0.6) is 5.88 Å². The molecule has 0 amide bonds. The van der Waals surface area contributed by atoms with Crippen molar-refractivity contribution in [2.24, 2.45) is 5.41 Å². The van der Waals surface area contributed by atoms with Gasteiger partial charge in [-0.2, -0.15) is 0 Å². The normalized spacial score (nSPS) is 19.8. The summed E-state index contributed by atoms with van der Waals surface area (Å²) in [7, 11) is 1.39. The number of rotatable bonds is 5. The molecule has 33 heavy (non-hydrogen) atoms. The predicted octanol–water partition coefficient (Wildman–Crippen LogP) is 5.80. The fraction of sp³-hybridized carbons (Fsp3) is 0.240. The van der Waals surface area contributed by atoms with E-state index in [2.05, 4.69) is 15.0 Å². The second kappa shape index (κ2) is 8.15. The number of hydrogen-bond donors (Lipinski definition) is 1. The second-order valence-electron chi connectivity index (χ2n) is 8.53. The number of methoxy groups -OCH3 is 1. The molecule has 2 aromatic carbocycles. The minimum atomic E-state index is -0.495. The molecule has 0 saturated heterocycles. The van der Waals surface area contributed by atoms with Crippen molar-refractivity contribution in [1.29, 1.82) is 0 Å². The van der Waals surface area contributed by atoms with Gasteiger partial charge in [0.2, 0.25) is 5.88 Å². The minimum Gasteiger partial charge on any atom is -0.474 e. The second-order valence-corrected chi connectivity index (χ2v) is 8.96. The number of aromatic nitrogens is 3. The lowest BCUT2D eigenvalue weighted by atomic mass is 9.68. The Bertz CT molecular complexity index is 1350. The lowest BCUT2D eigenvalue weighted by Gasteiger charge is -2.41. The lowest BCUT2D eigenvalue weighted by molar-refractivity contribution is -0.163. The molecule has 0 atom stereocenters. The van der Waals surface area contributed by atoms with E-state index < -0.39 is 11.2 Å². The van der Waals surface area contributed by atoms with E-state index in [-0.39, 0.29) is 12.1 Å². The van der Waals surface area contributed by atoms with Crippen LogP contribution in [0.3, 0.4) is 0 Å². The number of carbonyl (C=O) groups excluding carboxylic acids is 1. The van der Waals surface area contributed by atoms with E-state index >= 15 is 0 Å². The van der Waals surface area contributed by atoms with E-state index in [1.54, 1.807) is 30.5 Å². The number of halogens is 2. The van der Waals surface area contributed by atoms with Crippen LogP contribution in [0.4, 0.5) is 4.39 Å². The molecule has 5 rings (SSSR count). The third-order valence-electron chi connectivity index (χ3n) is 6.06. The van der Waals surface area contributed by atoms with Gasteiger partial charge in [-0.1, -0.05) is 17.7 Å². The van der Waals surface area contributed by atoms with E-state index in [9.17, 15) is 9.18 Å². The van der Waals surface area contributed by atoms with Gasteiger partial charge in [-0.25, -0.2) is 14.4 Å². The van der Waals surface area contributed by atoms with Gasteiger partial charge < -0.3 is 14.5 Å². The molecule has 0 radical (unpaired) electrons. The maximum atomic E-state index is 14.9. The van der Waals surface area contributed by atoms with Crippen LogP contribution in [-0.2, 0) is 9.53 Å². The molecular formula is C25H21ClFN3O3. The maximum absolute atomic E-state index is 14.9. The molecule has 1 N–H and O–H groups in total. The molecule has 1 fully saturated rings. The Hall–Kier alpha value is -3.45. The van der Waals surface area contributed by atoms with Crippen molar-refractivity contribution in [2.45, 2.75) is 25.9 Å². The Morgan fingerprint density at radius 3 is 2.64 bits per heavy atom. The van der Waals surface area contributed by atoms with Crippen molar-refractivity contribution in [3.63, 3.8) is 0 Å². The van der Waals surface area contributed by atoms with E-state index in [0.29, 0.717) is 46.2 Å². The number of nitrogens with zero attached hydrogens (tertiary/aromatic N) is 2. The van der Waals surface area contributed by atoms with Crippen molar-refractivity contribution in [2.75, 3.05) is 7.11 Å². The standard InChI is InChI=1S/C25H21ClFN3O3/c1-25(24(31)32-2)11-17(12-25)33-22-8-4-15(13-28-22)14-3-6-18(19(27)9-14)23-29-20-7-5-16(26)10-21(20)30-23/h3-10,13,17H,11-12H2,1-2H3,(H,29,30)/t17-,25-. The number of benzene rings is 2. The minimum absolute atomic E-state index is 0.0807. The zero-order chi connectivity index (χ0) is 23.2. The topological polar surface area (TPSA) is 77.1 Å². The number of hydrogen-bond acceptors (Lipinski definition) is 5. The first-order valence-corrected chi connectivity index (χ1v) is 10.9. The quantitative estimate of drug-likeness (QED) is 0.376. The summed E-state index contributed by atoms with van der Waals surface area (Å²) in [5.74, 6) is 0.295. The van der Waals surface area contributed by atoms with Crippen LogP contribution in [0.15, 0.2) is 54.7 Å². The summed E-state index contributed by atoms with van der Waals surface area (Å²) in [6, 6.07) is 13.9. The fourth-order valence-corrected chi connectivity index (χ4v) is 4.39. The highest BCUT2D eigenvalue weighted by Crippen LogP contribution is 2.43. The molecule has 6 nitrogen and oxygen atoms in total. The van der Waals surface area contributed by atoms with E-state index in [1.165, 1.54) is 13.2 Å². The number of pyridine rings is 1. The molecule has 1 saturated carbocycles. The van der Waals surface area contributed by atoms with Gasteiger partial charge in [0.05, 0.1) is 29.1 Å². The number of H-pyrrole nitrogens is 1. The van der Waals surface area contributed by atoms with Gasteiger partial charge >= 0.3 is 5.97 Å². The first-order valence-electron chi connectivity index (χ1n) is 10.5. The van der Waals surface area contributed by atoms with Crippen LogP contribution < -0.4 is 4.74 Å². The van der Waals surface area contributed by atoms with Crippen molar-refractivity contribution in [3.05, 3.63) is 65.6 Å². The van der Waals surface area contributed by atoms with Crippen LogP contribution in [-0.4, -0.2) is 34.1 Å². The zero-order valence-corrected chi connectivity index (χ0v) is 18.8. The van der Waals surface area contributed by atoms with Gasteiger partial charge in [-0.05, 0) is 48.9 Å². The molecule has 1 aliphatic carbocycles. The van der Waals surface area contributed by atoms with Gasteiger partial charge in [-0.3, -0.25) is 4.79 Å². The van der Waals surface area contributed by atoms with Crippen molar-refractivity contribution in [1.82, 2.24) is 15.0 Å². The molecule has 0 spiro atoms. The number of fused-ring (bicyclic) bond motifs is 1. The predicted molar refractivity (Wildman–Crippen MR) is 124 cm³/mol. The first kappa shape index (κ1) is 21.4. The molecule has 0 aliphatic heterocycles. The number of imidazole rings is 1. The summed E-state index contributed by atoms with van der Waals surface area (Å²) in [6.07, 6.45) is 2.74. The Morgan fingerprint density at radius 2 is 1.94 bits per heavy atom. The van der Waals surface area contributed by atoms with Crippen LogP contribution in [0, 0.1) is 11.2 Å². The molecule has 168 valence electrons. The monoisotopic (exact) mass is 465 g/mol. The van der Waals surface area contributed by atoms with E-state index in [0.717, 1.165) is 11.1 Å². The summed E-state index contributed by atoms with van der Waals surface area (Å²) in [6.45, 7) is 1.87. The molecule has 2 heterocycles. The molecule has 0 unspecified atom stereocenters. The first-order chi connectivity index (χ1) is 15.8. The highest BCUT2D eigenvalue weighted by Gasteiger charge is 2.48. The SMILES string of the molecule is COC(=O)[C@]1(C)C[C@@H](Oc2ccc(-c3ccc(-c4nc5cc(Cl)ccc5[nH]4)c(F)c3)cn2)C1. The van der Waals surface area contributed by atoms with Crippen LogP contribution >= 0.6 is 11.6 Å². The molecular weight excluding hydrogens is 445 g/mol. The highest BCUT2D eigenvalue weighted by atomic mass is 35.5. The van der Waals surface area contributed by atoms with Crippen molar-refractivity contribution >= 4 is 28.6 Å². The number of ether oxygens (including phenoxy) is 2. The van der Waals surface area contributed by atoms with Crippen LogP contribution in [0.1, 0.15) is 19.8 Å². The van der Waals surface area contributed by atoms with Gasteiger partial charge in [0.25, 0.3) is 0 Å². The van der Waals surface area contributed by atoms with Gasteiger partial charge in [0, 0.05) is 35.7 Å². The Labute approximate surface area is 194 Å². The van der Waals surface area contributed by atoms with Gasteiger partial charge in [-0.15, -0.1) is 0 Å². The van der Waals surface area contributed by atoms with Gasteiger partial charge in [0.15, 0.2) is 0 Å². The maximum Gasteiger partial charge on any atom is 0.311 e. The summed E-state index contributed by atoms with van der Waals surface area (Å²) < 4.78 is 25.6. The van der Waals surface area contributed by atoms with Crippen molar-refractivity contribution < 1.29 is 18.7 Å². The zero-order valence-electron chi connectivity index (χ0n) is 18.1. The Morgan fingerprint density at radius 1 is 1.15 bits per heavy atom. The third kappa shape index (κ3) is 4.04. The largest absolute Gasteiger partial charge is 0.474 e. The molecule has 8 heteroatoms. The summed E-state index contributed by atoms with van der Waals surface area (Å²) in [4.78, 5) is 23.7. The van der Waals surface area contributed by atoms with Gasteiger partial charge in [0.1, 0.15) is 17.7 Å². The van der Waals surface area contributed by atoms with Crippen LogP contribution in [0.2, 0.25) is 5.02 Å². The number of carbonyl (C=O) groups is 1. The number of aromatic amines is 1. The highest BCUT2D eigenvalue weighted by molar-refractivity contribution is 6.31. The van der Waals surface area contributed by atoms with Crippen molar-refractivity contribution in [3.8, 4) is 28.4 Å².